The van der Waals surface area contributed by atoms with E-state index in [9.17, 15) is 9.59 Å². The number of ether oxygens (including phenoxy) is 3. The average Bonchev–Trinajstić information content (AvgIpc) is 2.94. The number of benzene rings is 2. The Hall–Kier alpha value is -4.13. The van der Waals surface area contributed by atoms with E-state index >= 15 is 0 Å². The number of nitrogens with zero attached hydrogens (tertiary/aromatic N) is 1. The predicted molar refractivity (Wildman–Crippen MR) is 140 cm³/mol. The second-order valence-electron chi connectivity index (χ2n) is 8.38. The minimum Gasteiger partial charge on any atom is -0.497 e. The van der Waals surface area contributed by atoms with Gasteiger partial charge in [0.15, 0.2) is 0 Å². The number of amides is 1. The van der Waals surface area contributed by atoms with Crippen LogP contribution in [0.4, 0.5) is 0 Å². The first-order chi connectivity index (χ1) is 17.4. The molecule has 0 radical (unpaired) electrons. The molecule has 0 spiro atoms. The molecule has 0 bridgehead atoms. The fourth-order valence-corrected chi connectivity index (χ4v) is 3.83. The summed E-state index contributed by atoms with van der Waals surface area (Å²) in [5, 5.41) is 2.80. The van der Waals surface area contributed by atoms with Crippen LogP contribution in [0.5, 0.6) is 11.5 Å². The number of allylic oxidation sites excluding steroid dienone is 1. The van der Waals surface area contributed by atoms with Crippen molar-refractivity contribution < 1.29 is 23.8 Å². The molecule has 0 fully saturated rings. The van der Waals surface area contributed by atoms with Gasteiger partial charge < -0.3 is 19.5 Å². The molecule has 1 amide bonds. The lowest BCUT2D eigenvalue weighted by atomic mass is 9.90. The Morgan fingerprint density at radius 2 is 1.56 bits per heavy atom. The van der Waals surface area contributed by atoms with Crippen LogP contribution in [0, 0.1) is 5.92 Å². The highest BCUT2D eigenvalue weighted by molar-refractivity contribution is 5.95. The lowest BCUT2D eigenvalue weighted by Gasteiger charge is -2.23. The maximum atomic E-state index is 12.7. The Kier molecular flexibility index (Phi) is 9.63. The fourth-order valence-electron chi connectivity index (χ4n) is 3.83. The van der Waals surface area contributed by atoms with Crippen LogP contribution in [0.1, 0.15) is 41.4 Å². The Morgan fingerprint density at radius 3 is 2.11 bits per heavy atom. The van der Waals surface area contributed by atoms with E-state index in [-0.39, 0.29) is 11.6 Å². The van der Waals surface area contributed by atoms with Gasteiger partial charge in [0.25, 0.3) is 5.91 Å². The van der Waals surface area contributed by atoms with E-state index in [1.165, 1.54) is 13.3 Å². The van der Waals surface area contributed by atoms with Gasteiger partial charge >= 0.3 is 5.97 Å². The third-order valence-corrected chi connectivity index (χ3v) is 5.99. The number of aromatic nitrogens is 1. The van der Waals surface area contributed by atoms with Gasteiger partial charge in [-0.2, -0.15) is 0 Å². The molecule has 1 aromatic heterocycles. The van der Waals surface area contributed by atoms with E-state index in [4.69, 9.17) is 14.2 Å². The van der Waals surface area contributed by atoms with Gasteiger partial charge in [-0.25, -0.2) is 4.79 Å². The van der Waals surface area contributed by atoms with E-state index in [1.807, 2.05) is 55.5 Å². The molecule has 0 aliphatic heterocycles. The number of rotatable bonds is 11. The van der Waals surface area contributed by atoms with E-state index in [1.54, 1.807) is 32.4 Å². The number of pyridine rings is 1. The number of nitrogens with one attached hydrogen (secondary N) is 1. The van der Waals surface area contributed by atoms with Crippen molar-refractivity contribution in [1.29, 1.82) is 0 Å². The van der Waals surface area contributed by atoms with Gasteiger partial charge in [0.05, 0.1) is 21.3 Å². The van der Waals surface area contributed by atoms with Crippen LogP contribution < -0.4 is 14.8 Å². The van der Waals surface area contributed by atoms with Gasteiger partial charge in [0.2, 0.25) is 0 Å². The second kappa shape index (κ2) is 13.1. The number of hydrogen-bond donors (Lipinski definition) is 1. The van der Waals surface area contributed by atoms with Crippen LogP contribution in [0.3, 0.4) is 0 Å². The number of methoxy groups -OCH3 is 3. The van der Waals surface area contributed by atoms with Crippen LogP contribution in [-0.2, 0) is 9.53 Å². The molecule has 1 N–H and O–H groups in total. The van der Waals surface area contributed by atoms with Gasteiger partial charge in [0.1, 0.15) is 23.2 Å². The van der Waals surface area contributed by atoms with Crippen LogP contribution in [0.2, 0.25) is 0 Å². The zero-order valence-corrected chi connectivity index (χ0v) is 21.1. The number of esters is 1. The number of carbonyl (C=O) groups is 2. The molecule has 1 heterocycles. The number of carbonyl (C=O) groups excluding carboxylic acids is 2. The summed E-state index contributed by atoms with van der Waals surface area (Å²) in [6.07, 6.45) is 4.97. The largest absolute Gasteiger partial charge is 0.497 e. The first kappa shape index (κ1) is 26.5. The van der Waals surface area contributed by atoms with Crippen molar-refractivity contribution in [3.05, 3.63) is 89.7 Å². The summed E-state index contributed by atoms with van der Waals surface area (Å²) in [5.74, 6) is 0.469. The highest BCUT2D eigenvalue weighted by atomic mass is 16.5. The highest BCUT2D eigenvalue weighted by Crippen LogP contribution is 2.28. The van der Waals surface area contributed by atoms with Crippen molar-refractivity contribution in [3.63, 3.8) is 0 Å². The minimum absolute atomic E-state index is 0.192. The van der Waals surface area contributed by atoms with Crippen molar-refractivity contribution in [2.45, 2.75) is 25.8 Å². The molecule has 0 aliphatic carbocycles. The molecular formula is C29H32N2O5. The van der Waals surface area contributed by atoms with Gasteiger partial charge in [-0.15, -0.1) is 0 Å². The Balaban J connectivity index is 1.81. The highest BCUT2D eigenvalue weighted by Gasteiger charge is 2.28. The standard InChI is InChI=1S/C29H32N2O5/c1-20(27(29(33)36-4)31-28(32)26-7-5-6-18-30-26)8-11-23(22-12-16-25(35-3)17-13-22)19-21-9-14-24(34-2)15-10-21/h5-7,9-10,12-20,27H,8,11H2,1-4H3,(H,31,32)/b23-19-/t20-,27-/m0/s1. The lowest BCUT2D eigenvalue weighted by Crippen LogP contribution is -2.46. The van der Waals surface area contributed by atoms with Crippen molar-refractivity contribution in [2.75, 3.05) is 21.3 Å². The molecule has 0 saturated carbocycles. The zero-order chi connectivity index (χ0) is 25.9. The second-order valence-corrected chi connectivity index (χ2v) is 8.38. The SMILES string of the molecule is COC(=O)[C@@H](NC(=O)c1ccccn1)[C@@H](C)CC/C(=C/c1ccc(OC)cc1)c1ccc(OC)cc1. The van der Waals surface area contributed by atoms with E-state index in [0.29, 0.717) is 12.8 Å². The van der Waals surface area contributed by atoms with Crippen LogP contribution >= 0.6 is 0 Å². The molecule has 3 aromatic rings. The Bertz CT molecular complexity index is 1160. The average molecular weight is 489 g/mol. The first-order valence-corrected chi connectivity index (χ1v) is 11.7. The molecular weight excluding hydrogens is 456 g/mol. The maximum Gasteiger partial charge on any atom is 0.328 e. The van der Waals surface area contributed by atoms with Crippen molar-refractivity contribution in [1.82, 2.24) is 10.3 Å². The van der Waals surface area contributed by atoms with Gasteiger partial charge in [-0.1, -0.05) is 43.3 Å². The molecule has 188 valence electrons. The van der Waals surface area contributed by atoms with E-state index in [0.717, 1.165) is 28.2 Å². The maximum absolute atomic E-state index is 12.7. The molecule has 2 atom stereocenters. The van der Waals surface area contributed by atoms with Crippen LogP contribution in [-0.4, -0.2) is 44.2 Å². The monoisotopic (exact) mass is 488 g/mol. The Labute approximate surface area is 212 Å². The van der Waals surface area contributed by atoms with Crippen molar-refractivity contribution in [3.8, 4) is 11.5 Å². The smallest absolute Gasteiger partial charge is 0.328 e. The summed E-state index contributed by atoms with van der Waals surface area (Å²) in [7, 11) is 4.59. The van der Waals surface area contributed by atoms with Gasteiger partial charge in [0, 0.05) is 6.20 Å². The third kappa shape index (κ3) is 7.18. The summed E-state index contributed by atoms with van der Waals surface area (Å²) in [5.41, 5.74) is 3.42. The first-order valence-electron chi connectivity index (χ1n) is 11.7. The van der Waals surface area contributed by atoms with E-state index < -0.39 is 17.9 Å². The summed E-state index contributed by atoms with van der Waals surface area (Å²) in [4.78, 5) is 29.3. The van der Waals surface area contributed by atoms with Crippen LogP contribution in [0.15, 0.2) is 72.9 Å². The predicted octanol–water partition coefficient (Wildman–Crippen LogP) is 5.03. The quantitative estimate of drug-likeness (QED) is 0.301. The minimum atomic E-state index is -0.803. The molecule has 7 heteroatoms. The summed E-state index contributed by atoms with van der Waals surface area (Å²) in [6.45, 7) is 1.93. The van der Waals surface area contributed by atoms with Gasteiger partial charge in [-0.3, -0.25) is 9.78 Å². The molecule has 7 nitrogen and oxygen atoms in total. The molecule has 0 unspecified atom stereocenters. The topological polar surface area (TPSA) is 86.8 Å². The zero-order valence-electron chi connectivity index (χ0n) is 21.1. The van der Waals surface area contributed by atoms with E-state index in [2.05, 4.69) is 16.4 Å². The van der Waals surface area contributed by atoms with Crippen LogP contribution in [0.25, 0.3) is 11.6 Å². The lowest BCUT2D eigenvalue weighted by molar-refractivity contribution is -0.144. The van der Waals surface area contributed by atoms with Crippen molar-refractivity contribution >= 4 is 23.5 Å². The third-order valence-electron chi connectivity index (χ3n) is 5.99. The molecule has 3 rings (SSSR count). The van der Waals surface area contributed by atoms with Crippen molar-refractivity contribution in [2.24, 2.45) is 5.92 Å². The molecule has 36 heavy (non-hydrogen) atoms. The van der Waals surface area contributed by atoms with Gasteiger partial charge in [-0.05, 0) is 71.9 Å². The normalized spacial score (nSPS) is 12.8. The fraction of sp³-hybridized carbons (Fsp3) is 0.276. The summed E-state index contributed by atoms with van der Waals surface area (Å²) in [6, 6.07) is 20.0. The Morgan fingerprint density at radius 1 is 0.917 bits per heavy atom. The molecule has 0 saturated heterocycles. The summed E-state index contributed by atoms with van der Waals surface area (Å²) >= 11 is 0. The summed E-state index contributed by atoms with van der Waals surface area (Å²) < 4.78 is 15.6. The number of hydrogen-bond acceptors (Lipinski definition) is 6. The molecule has 0 aliphatic rings. The molecule has 2 aromatic carbocycles.